The standard InChI is InChI=1S/C13H17N3O/c1-15-9-16(8-10-6-7-13(17)14-10)12-5-3-2-4-11(12)15/h2-5,10H,6-9H2,1H3,(H,14,17)/t10-/m0/s1. The molecule has 1 amide bonds. The molecule has 1 aromatic rings. The van der Waals surface area contributed by atoms with E-state index in [1.54, 1.807) is 0 Å². The van der Waals surface area contributed by atoms with Crippen LogP contribution in [0.2, 0.25) is 0 Å². The van der Waals surface area contributed by atoms with E-state index in [9.17, 15) is 4.79 Å². The van der Waals surface area contributed by atoms with Crippen molar-refractivity contribution in [3.63, 3.8) is 0 Å². The molecule has 1 fully saturated rings. The van der Waals surface area contributed by atoms with Crippen molar-refractivity contribution < 1.29 is 4.79 Å². The van der Waals surface area contributed by atoms with Gasteiger partial charge in [0.1, 0.15) is 0 Å². The SMILES string of the molecule is CN1CN(C[C@@H]2CCC(=O)N2)c2ccccc21. The summed E-state index contributed by atoms with van der Waals surface area (Å²) in [5, 5.41) is 3.03. The van der Waals surface area contributed by atoms with Crippen LogP contribution in [0.3, 0.4) is 0 Å². The molecule has 0 bridgehead atoms. The molecule has 17 heavy (non-hydrogen) atoms. The topological polar surface area (TPSA) is 35.6 Å². The Morgan fingerprint density at radius 3 is 2.82 bits per heavy atom. The zero-order chi connectivity index (χ0) is 11.8. The summed E-state index contributed by atoms with van der Waals surface area (Å²) in [7, 11) is 2.10. The Balaban J connectivity index is 1.75. The highest BCUT2D eigenvalue weighted by Gasteiger charge is 2.28. The maximum absolute atomic E-state index is 11.2. The van der Waals surface area contributed by atoms with E-state index in [1.807, 2.05) is 0 Å². The summed E-state index contributed by atoms with van der Waals surface area (Å²) in [4.78, 5) is 15.8. The molecule has 0 aliphatic carbocycles. The average molecular weight is 231 g/mol. The largest absolute Gasteiger partial charge is 0.355 e. The second-order valence-corrected chi connectivity index (χ2v) is 4.85. The Hall–Kier alpha value is -1.71. The number of anilines is 2. The first-order valence-electron chi connectivity index (χ1n) is 6.08. The van der Waals surface area contributed by atoms with Crippen LogP contribution in [-0.2, 0) is 4.79 Å². The molecule has 0 radical (unpaired) electrons. The van der Waals surface area contributed by atoms with E-state index >= 15 is 0 Å². The molecule has 4 heteroatoms. The predicted octanol–water partition coefficient (Wildman–Crippen LogP) is 1.18. The van der Waals surface area contributed by atoms with Gasteiger partial charge in [0.05, 0.1) is 18.0 Å². The number of para-hydroxylation sites is 2. The maximum Gasteiger partial charge on any atom is 0.220 e. The normalized spacial score (nSPS) is 22.9. The van der Waals surface area contributed by atoms with Gasteiger partial charge in [-0.1, -0.05) is 12.1 Å². The van der Waals surface area contributed by atoms with Crippen molar-refractivity contribution in [2.45, 2.75) is 18.9 Å². The number of fused-ring (bicyclic) bond motifs is 1. The summed E-state index contributed by atoms with van der Waals surface area (Å²) in [6.07, 6.45) is 1.64. The Morgan fingerprint density at radius 2 is 2.12 bits per heavy atom. The lowest BCUT2D eigenvalue weighted by molar-refractivity contribution is -0.119. The zero-order valence-corrected chi connectivity index (χ0v) is 10.0. The molecule has 2 aliphatic heterocycles. The molecule has 0 unspecified atom stereocenters. The first-order valence-corrected chi connectivity index (χ1v) is 6.08. The molecule has 1 saturated heterocycles. The summed E-state index contributed by atoms with van der Waals surface area (Å²) in [6.45, 7) is 1.82. The summed E-state index contributed by atoms with van der Waals surface area (Å²) in [5.41, 5.74) is 2.55. The van der Waals surface area contributed by atoms with Gasteiger partial charge in [0.15, 0.2) is 0 Å². The highest BCUT2D eigenvalue weighted by Crippen LogP contribution is 2.34. The fraction of sp³-hybridized carbons (Fsp3) is 0.462. The van der Waals surface area contributed by atoms with Gasteiger partial charge in [-0.05, 0) is 18.6 Å². The van der Waals surface area contributed by atoms with Gasteiger partial charge >= 0.3 is 0 Å². The summed E-state index contributed by atoms with van der Waals surface area (Å²) < 4.78 is 0. The Labute approximate surface area is 101 Å². The van der Waals surface area contributed by atoms with E-state index in [4.69, 9.17) is 0 Å². The second-order valence-electron chi connectivity index (χ2n) is 4.85. The number of hydrogen-bond donors (Lipinski definition) is 1. The van der Waals surface area contributed by atoms with E-state index in [-0.39, 0.29) is 5.91 Å². The van der Waals surface area contributed by atoms with Crippen LogP contribution in [0.1, 0.15) is 12.8 Å². The molecule has 1 aromatic carbocycles. The predicted molar refractivity (Wildman–Crippen MR) is 68.2 cm³/mol. The third-order valence-electron chi connectivity index (χ3n) is 3.54. The van der Waals surface area contributed by atoms with Gasteiger partial charge < -0.3 is 15.1 Å². The molecule has 2 aliphatic rings. The molecular weight excluding hydrogens is 214 g/mol. The molecular formula is C13H17N3O. The molecule has 2 heterocycles. The highest BCUT2D eigenvalue weighted by molar-refractivity contribution is 5.79. The number of hydrogen-bond acceptors (Lipinski definition) is 3. The molecule has 0 spiro atoms. The number of benzene rings is 1. The third kappa shape index (κ3) is 1.84. The lowest BCUT2D eigenvalue weighted by Crippen LogP contribution is -2.39. The minimum Gasteiger partial charge on any atom is -0.355 e. The fourth-order valence-corrected chi connectivity index (χ4v) is 2.70. The van der Waals surface area contributed by atoms with Crippen LogP contribution in [0.5, 0.6) is 0 Å². The highest BCUT2D eigenvalue weighted by atomic mass is 16.1. The Bertz CT molecular complexity index is 446. The number of carbonyl (C=O) groups is 1. The van der Waals surface area contributed by atoms with Crippen molar-refractivity contribution in [1.82, 2.24) is 5.32 Å². The van der Waals surface area contributed by atoms with E-state index in [0.717, 1.165) is 19.6 Å². The van der Waals surface area contributed by atoms with Crippen LogP contribution in [0.25, 0.3) is 0 Å². The Kier molecular flexibility index (Phi) is 2.42. The van der Waals surface area contributed by atoms with Gasteiger partial charge in [-0.25, -0.2) is 0 Å². The monoisotopic (exact) mass is 231 g/mol. The Morgan fingerprint density at radius 1 is 1.35 bits per heavy atom. The van der Waals surface area contributed by atoms with Crippen LogP contribution >= 0.6 is 0 Å². The second kappa shape index (κ2) is 3.95. The molecule has 0 saturated carbocycles. The maximum atomic E-state index is 11.2. The van der Waals surface area contributed by atoms with Crippen LogP contribution in [0.15, 0.2) is 24.3 Å². The van der Waals surface area contributed by atoms with Crippen LogP contribution < -0.4 is 15.1 Å². The number of amides is 1. The fourth-order valence-electron chi connectivity index (χ4n) is 2.70. The van der Waals surface area contributed by atoms with Crippen molar-refractivity contribution in [3.05, 3.63) is 24.3 Å². The molecule has 1 atom stereocenters. The van der Waals surface area contributed by atoms with Gasteiger partial charge in [0, 0.05) is 26.1 Å². The van der Waals surface area contributed by atoms with Gasteiger partial charge in [-0.3, -0.25) is 4.79 Å². The lowest BCUT2D eigenvalue weighted by Gasteiger charge is -2.23. The lowest BCUT2D eigenvalue weighted by atomic mass is 10.2. The van der Waals surface area contributed by atoms with Gasteiger partial charge in [-0.2, -0.15) is 0 Å². The quantitative estimate of drug-likeness (QED) is 0.830. The minimum absolute atomic E-state index is 0.191. The average Bonchev–Trinajstić information content (AvgIpc) is 2.86. The number of rotatable bonds is 2. The zero-order valence-electron chi connectivity index (χ0n) is 10.0. The van der Waals surface area contributed by atoms with Crippen molar-refractivity contribution in [3.8, 4) is 0 Å². The third-order valence-corrected chi connectivity index (χ3v) is 3.54. The van der Waals surface area contributed by atoms with Crippen molar-refractivity contribution in [1.29, 1.82) is 0 Å². The van der Waals surface area contributed by atoms with Gasteiger partial charge in [0.2, 0.25) is 5.91 Å². The summed E-state index contributed by atoms with van der Waals surface area (Å²) >= 11 is 0. The van der Waals surface area contributed by atoms with Crippen molar-refractivity contribution in [2.24, 2.45) is 0 Å². The molecule has 1 N–H and O–H groups in total. The van der Waals surface area contributed by atoms with Gasteiger partial charge in [0.25, 0.3) is 0 Å². The molecule has 0 aromatic heterocycles. The number of nitrogens with zero attached hydrogens (tertiary/aromatic N) is 2. The van der Waals surface area contributed by atoms with Crippen LogP contribution in [-0.4, -0.2) is 32.2 Å². The first-order chi connectivity index (χ1) is 8.24. The molecule has 4 nitrogen and oxygen atoms in total. The van der Waals surface area contributed by atoms with Crippen molar-refractivity contribution in [2.75, 3.05) is 30.1 Å². The molecule has 3 rings (SSSR count). The van der Waals surface area contributed by atoms with Crippen LogP contribution in [0, 0.1) is 0 Å². The van der Waals surface area contributed by atoms with Crippen LogP contribution in [0.4, 0.5) is 11.4 Å². The minimum atomic E-state index is 0.191. The smallest absolute Gasteiger partial charge is 0.220 e. The summed E-state index contributed by atoms with van der Waals surface area (Å²) in [6, 6.07) is 8.73. The van der Waals surface area contributed by atoms with Crippen molar-refractivity contribution >= 4 is 17.3 Å². The number of nitrogens with one attached hydrogen (secondary N) is 1. The van der Waals surface area contributed by atoms with E-state index in [1.165, 1.54) is 11.4 Å². The summed E-state index contributed by atoms with van der Waals surface area (Å²) in [5.74, 6) is 0.191. The van der Waals surface area contributed by atoms with E-state index in [0.29, 0.717) is 12.5 Å². The molecule has 90 valence electrons. The first kappa shape index (κ1) is 10.4. The number of carbonyl (C=O) groups excluding carboxylic acids is 1. The van der Waals surface area contributed by atoms with E-state index in [2.05, 4.69) is 46.4 Å². The van der Waals surface area contributed by atoms with E-state index < -0.39 is 0 Å². The van der Waals surface area contributed by atoms with Gasteiger partial charge in [-0.15, -0.1) is 0 Å².